The Morgan fingerprint density at radius 2 is 1.80 bits per heavy atom. The quantitative estimate of drug-likeness (QED) is 0.826. The third kappa shape index (κ3) is 2.88. The first-order chi connectivity index (χ1) is 9.74. The fraction of sp³-hybridized carbons (Fsp3) is 0.588. The lowest BCUT2D eigenvalue weighted by Crippen LogP contribution is -2.47. The van der Waals surface area contributed by atoms with E-state index < -0.39 is 0 Å². The number of piperazine rings is 1. The van der Waals surface area contributed by atoms with Gasteiger partial charge >= 0.3 is 0 Å². The Balaban J connectivity index is 1.72. The van der Waals surface area contributed by atoms with Crippen LogP contribution in [0.1, 0.15) is 47.5 Å². The molecule has 1 aromatic rings. The largest absolute Gasteiger partial charge is 0.336 e. The van der Waals surface area contributed by atoms with E-state index in [4.69, 9.17) is 0 Å². The van der Waals surface area contributed by atoms with Gasteiger partial charge in [0.05, 0.1) is 0 Å². The van der Waals surface area contributed by atoms with Gasteiger partial charge in [-0.15, -0.1) is 0 Å². The van der Waals surface area contributed by atoms with Gasteiger partial charge in [0.2, 0.25) is 0 Å². The van der Waals surface area contributed by atoms with Gasteiger partial charge in [-0.2, -0.15) is 0 Å². The lowest BCUT2D eigenvalue weighted by molar-refractivity contribution is 0.0664. The van der Waals surface area contributed by atoms with E-state index in [1.165, 1.54) is 31.2 Å². The van der Waals surface area contributed by atoms with Crippen molar-refractivity contribution in [1.82, 2.24) is 9.80 Å². The number of hydrogen-bond donors (Lipinski definition) is 0. The van der Waals surface area contributed by atoms with Gasteiger partial charge in [-0.1, -0.05) is 25.0 Å². The summed E-state index contributed by atoms with van der Waals surface area (Å²) < 4.78 is 0. The number of carbonyl (C=O) groups is 1. The SMILES string of the molecule is CN1CCN(C(=O)c2cccc(C3CCCC3)c2)CC1. The molecule has 1 amide bonds. The van der Waals surface area contributed by atoms with Crippen molar-refractivity contribution < 1.29 is 4.79 Å². The number of amides is 1. The summed E-state index contributed by atoms with van der Waals surface area (Å²) in [6.07, 6.45) is 5.24. The summed E-state index contributed by atoms with van der Waals surface area (Å²) in [5.41, 5.74) is 2.24. The van der Waals surface area contributed by atoms with Crippen LogP contribution in [0.15, 0.2) is 24.3 Å². The van der Waals surface area contributed by atoms with Crippen molar-refractivity contribution in [2.24, 2.45) is 0 Å². The normalized spacial score (nSPS) is 21.4. The molecule has 0 radical (unpaired) electrons. The highest BCUT2D eigenvalue weighted by molar-refractivity contribution is 5.94. The van der Waals surface area contributed by atoms with Crippen LogP contribution in [0.3, 0.4) is 0 Å². The fourth-order valence-corrected chi connectivity index (χ4v) is 3.38. The van der Waals surface area contributed by atoms with Crippen molar-refractivity contribution >= 4 is 5.91 Å². The predicted octanol–water partition coefficient (Wildman–Crippen LogP) is 2.73. The second-order valence-corrected chi connectivity index (χ2v) is 6.20. The molecule has 1 aliphatic heterocycles. The number of rotatable bonds is 2. The maximum atomic E-state index is 12.6. The average Bonchev–Trinajstić information content (AvgIpc) is 3.02. The lowest BCUT2D eigenvalue weighted by Gasteiger charge is -2.32. The van der Waals surface area contributed by atoms with Crippen molar-refractivity contribution in [2.75, 3.05) is 33.2 Å². The molecule has 3 nitrogen and oxygen atoms in total. The van der Waals surface area contributed by atoms with Gasteiger partial charge in [0.1, 0.15) is 0 Å². The minimum Gasteiger partial charge on any atom is -0.336 e. The van der Waals surface area contributed by atoms with E-state index in [1.54, 1.807) is 0 Å². The summed E-state index contributed by atoms with van der Waals surface area (Å²) in [6.45, 7) is 3.66. The summed E-state index contributed by atoms with van der Waals surface area (Å²) in [7, 11) is 2.11. The molecule has 3 heteroatoms. The zero-order valence-corrected chi connectivity index (χ0v) is 12.3. The number of nitrogens with zero attached hydrogens (tertiary/aromatic N) is 2. The summed E-state index contributed by atoms with van der Waals surface area (Å²) in [4.78, 5) is 16.9. The van der Waals surface area contributed by atoms with Crippen LogP contribution in [-0.4, -0.2) is 48.9 Å². The van der Waals surface area contributed by atoms with E-state index in [-0.39, 0.29) is 5.91 Å². The topological polar surface area (TPSA) is 23.6 Å². The van der Waals surface area contributed by atoms with Crippen LogP contribution in [0, 0.1) is 0 Å². The summed E-state index contributed by atoms with van der Waals surface area (Å²) in [5.74, 6) is 0.883. The van der Waals surface area contributed by atoms with Crippen LogP contribution in [0.2, 0.25) is 0 Å². The fourth-order valence-electron chi connectivity index (χ4n) is 3.38. The first kappa shape index (κ1) is 13.6. The molecule has 1 heterocycles. The molecule has 1 saturated heterocycles. The van der Waals surface area contributed by atoms with E-state index in [9.17, 15) is 4.79 Å². The van der Waals surface area contributed by atoms with Crippen LogP contribution in [-0.2, 0) is 0 Å². The van der Waals surface area contributed by atoms with E-state index in [0.717, 1.165) is 31.7 Å². The number of likely N-dealkylation sites (N-methyl/N-ethyl adjacent to an activating group) is 1. The molecule has 0 aromatic heterocycles. The van der Waals surface area contributed by atoms with Crippen molar-refractivity contribution in [2.45, 2.75) is 31.6 Å². The first-order valence-corrected chi connectivity index (χ1v) is 7.82. The van der Waals surface area contributed by atoms with Gasteiger partial charge in [-0.05, 0) is 43.5 Å². The number of benzene rings is 1. The van der Waals surface area contributed by atoms with Gasteiger partial charge in [-0.3, -0.25) is 4.79 Å². The Morgan fingerprint density at radius 3 is 2.50 bits per heavy atom. The molecule has 108 valence electrons. The molecule has 1 saturated carbocycles. The minimum absolute atomic E-state index is 0.206. The molecule has 0 spiro atoms. The van der Waals surface area contributed by atoms with Gasteiger partial charge < -0.3 is 9.80 Å². The molecule has 0 unspecified atom stereocenters. The molecule has 0 N–H and O–H groups in total. The molecule has 2 aliphatic rings. The van der Waals surface area contributed by atoms with Gasteiger partial charge in [0, 0.05) is 31.7 Å². The Bertz CT molecular complexity index is 472. The third-order valence-electron chi connectivity index (χ3n) is 4.75. The highest BCUT2D eigenvalue weighted by atomic mass is 16.2. The van der Waals surface area contributed by atoms with Crippen LogP contribution in [0.5, 0.6) is 0 Å². The van der Waals surface area contributed by atoms with Gasteiger partial charge in [-0.25, -0.2) is 0 Å². The first-order valence-electron chi connectivity index (χ1n) is 7.82. The molecule has 1 aliphatic carbocycles. The summed E-state index contributed by atoms with van der Waals surface area (Å²) in [5, 5.41) is 0. The van der Waals surface area contributed by atoms with Crippen LogP contribution in [0.25, 0.3) is 0 Å². The molecule has 0 bridgehead atoms. The smallest absolute Gasteiger partial charge is 0.253 e. The molecule has 2 fully saturated rings. The van der Waals surface area contributed by atoms with E-state index in [1.807, 2.05) is 11.0 Å². The maximum absolute atomic E-state index is 12.6. The lowest BCUT2D eigenvalue weighted by atomic mass is 9.96. The van der Waals surface area contributed by atoms with Crippen LogP contribution in [0.4, 0.5) is 0 Å². The minimum atomic E-state index is 0.206. The highest BCUT2D eigenvalue weighted by Gasteiger charge is 2.22. The summed E-state index contributed by atoms with van der Waals surface area (Å²) in [6, 6.07) is 8.35. The standard InChI is InChI=1S/C17H24N2O/c1-18-9-11-19(12-10-18)17(20)16-8-4-7-15(13-16)14-5-2-3-6-14/h4,7-8,13-14H,2-3,5-6,9-12H2,1H3. The molecule has 1 aromatic carbocycles. The zero-order chi connectivity index (χ0) is 13.9. The van der Waals surface area contributed by atoms with Crippen molar-refractivity contribution in [3.05, 3.63) is 35.4 Å². The maximum Gasteiger partial charge on any atom is 0.253 e. The third-order valence-corrected chi connectivity index (χ3v) is 4.75. The highest BCUT2D eigenvalue weighted by Crippen LogP contribution is 2.34. The van der Waals surface area contributed by atoms with Crippen molar-refractivity contribution in [1.29, 1.82) is 0 Å². The second-order valence-electron chi connectivity index (χ2n) is 6.20. The van der Waals surface area contributed by atoms with Crippen molar-refractivity contribution in [3.63, 3.8) is 0 Å². The van der Waals surface area contributed by atoms with E-state index >= 15 is 0 Å². The van der Waals surface area contributed by atoms with Crippen LogP contribution < -0.4 is 0 Å². The van der Waals surface area contributed by atoms with Gasteiger partial charge in [0.15, 0.2) is 0 Å². The van der Waals surface area contributed by atoms with E-state index in [2.05, 4.69) is 30.1 Å². The average molecular weight is 272 g/mol. The van der Waals surface area contributed by atoms with E-state index in [0.29, 0.717) is 5.92 Å². The Kier molecular flexibility index (Phi) is 4.06. The molecule has 20 heavy (non-hydrogen) atoms. The zero-order valence-electron chi connectivity index (χ0n) is 12.3. The Morgan fingerprint density at radius 1 is 1.10 bits per heavy atom. The number of hydrogen-bond acceptors (Lipinski definition) is 2. The molecular formula is C17H24N2O. The Hall–Kier alpha value is -1.35. The molecule has 3 rings (SSSR count). The summed E-state index contributed by atoms with van der Waals surface area (Å²) >= 11 is 0. The van der Waals surface area contributed by atoms with Crippen LogP contribution >= 0.6 is 0 Å². The Labute approximate surface area is 121 Å². The monoisotopic (exact) mass is 272 g/mol. The molecular weight excluding hydrogens is 248 g/mol. The number of carbonyl (C=O) groups excluding carboxylic acids is 1. The molecule has 0 atom stereocenters. The van der Waals surface area contributed by atoms with Gasteiger partial charge in [0.25, 0.3) is 5.91 Å². The second kappa shape index (κ2) is 5.96. The van der Waals surface area contributed by atoms with Crippen molar-refractivity contribution in [3.8, 4) is 0 Å². The predicted molar refractivity (Wildman–Crippen MR) is 81.1 cm³/mol.